The molecule has 0 saturated carbocycles. The van der Waals surface area contributed by atoms with Crippen molar-refractivity contribution in [3.63, 3.8) is 0 Å². The minimum absolute atomic E-state index is 0.167. The second kappa shape index (κ2) is 17.1. The molecule has 1 aliphatic rings. The number of piperidine rings is 1. The fourth-order valence-electron chi connectivity index (χ4n) is 5.69. The minimum Gasteiger partial charge on any atom is -0.504 e. The van der Waals surface area contributed by atoms with Crippen molar-refractivity contribution in [2.24, 2.45) is 0 Å². The summed E-state index contributed by atoms with van der Waals surface area (Å²) in [5.74, 6) is -0.793. The Kier molecular flexibility index (Phi) is 12.2. The standard InChI is InChI=1S/C38H43N5O6/c1-42(37(47)30-11-7-10-29(25-30)36(46)40-19-18-39-26-27-14-15-34(44)35(45)24-27)22-23-43-20-16-31(17-21-43)49-38(48)41-33-13-6-5-12-32(33)28-8-3-2-4-9-28/h2-15,24-25,31,39,44-45H,16-23,26H2,1H3,(H,40,46)(H,41,48). The Hall–Kier alpha value is -5.39. The van der Waals surface area contributed by atoms with Crippen molar-refractivity contribution in [3.8, 4) is 22.6 Å². The SMILES string of the molecule is CN(CCN1CCC(OC(=O)Nc2ccccc2-c2ccccc2)CC1)C(=O)c1cccc(C(=O)NCCNCc2ccc(O)c(O)c2)c1. The third kappa shape index (κ3) is 10.1. The minimum atomic E-state index is -0.466. The van der Waals surface area contributed by atoms with E-state index in [0.717, 1.165) is 29.8 Å². The first-order chi connectivity index (χ1) is 23.8. The van der Waals surface area contributed by atoms with Crippen LogP contribution in [-0.2, 0) is 11.3 Å². The van der Waals surface area contributed by atoms with Crippen molar-refractivity contribution in [1.82, 2.24) is 20.4 Å². The summed E-state index contributed by atoms with van der Waals surface area (Å²) in [6.45, 7) is 4.04. The number of nitrogens with zero attached hydrogens (tertiary/aromatic N) is 2. The first-order valence-electron chi connectivity index (χ1n) is 16.5. The van der Waals surface area contributed by atoms with Gasteiger partial charge >= 0.3 is 6.09 Å². The number of ether oxygens (including phenoxy) is 1. The van der Waals surface area contributed by atoms with Crippen LogP contribution in [0.2, 0.25) is 0 Å². The predicted molar refractivity (Wildman–Crippen MR) is 189 cm³/mol. The quantitative estimate of drug-likeness (QED) is 0.0985. The molecule has 3 amide bonds. The number of likely N-dealkylation sites (N-methyl/N-ethyl adjacent to an activating group) is 1. The topological polar surface area (TPSA) is 143 Å². The lowest BCUT2D eigenvalue weighted by Gasteiger charge is -2.32. The zero-order valence-corrected chi connectivity index (χ0v) is 27.6. The van der Waals surface area contributed by atoms with Gasteiger partial charge in [-0.05, 0) is 60.4 Å². The van der Waals surface area contributed by atoms with E-state index in [1.54, 1.807) is 42.3 Å². The number of rotatable bonds is 13. The number of phenols is 2. The molecule has 5 N–H and O–H groups in total. The molecule has 256 valence electrons. The predicted octanol–water partition coefficient (Wildman–Crippen LogP) is 5.07. The van der Waals surface area contributed by atoms with Crippen molar-refractivity contribution in [2.45, 2.75) is 25.5 Å². The van der Waals surface area contributed by atoms with Crippen LogP contribution in [0.5, 0.6) is 11.5 Å². The molecule has 4 aromatic rings. The summed E-state index contributed by atoms with van der Waals surface area (Å²) in [5, 5.41) is 28.0. The Balaban J connectivity index is 1.00. The number of hydrogen-bond donors (Lipinski definition) is 5. The smallest absolute Gasteiger partial charge is 0.411 e. The number of likely N-dealkylation sites (tertiary alicyclic amines) is 1. The van der Waals surface area contributed by atoms with E-state index in [2.05, 4.69) is 20.9 Å². The molecule has 0 aliphatic carbocycles. The lowest BCUT2D eigenvalue weighted by atomic mass is 10.0. The molecule has 1 aliphatic heterocycles. The van der Waals surface area contributed by atoms with Gasteiger partial charge in [-0.15, -0.1) is 0 Å². The fraction of sp³-hybridized carbons (Fsp3) is 0.289. The molecule has 11 heteroatoms. The zero-order valence-electron chi connectivity index (χ0n) is 27.6. The lowest BCUT2D eigenvalue weighted by molar-refractivity contribution is 0.0540. The van der Waals surface area contributed by atoms with Gasteiger partial charge in [0.2, 0.25) is 0 Å². The molecule has 0 radical (unpaired) electrons. The van der Waals surface area contributed by atoms with E-state index in [1.165, 1.54) is 12.1 Å². The lowest BCUT2D eigenvalue weighted by Crippen LogP contribution is -2.42. The third-order valence-electron chi connectivity index (χ3n) is 8.48. The number of para-hydroxylation sites is 1. The van der Waals surface area contributed by atoms with Gasteiger partial charge in [-0.25, -0.2) is 4.79 Å². The summed E-state index contributed by atoms with van der Waals surface area (Å²) >= 11 is 0. The molecule has 11 nitrogen and oxygen atoms in total. The average molecular weight is 666 g/mol. The monoisotopic (exact) mass is 665 g/mol. The summed E-state index contributed by atoms with van der Waals surface area (Å²) in [6.07, 6.45) is 0.766. The maximum Gasteiger partial charge on any atom is 0.411 e. The van der Waals surface area contributed by atoms with Crippen LogP contribution in [0.1, 0.15) is 39.1 Å². The van der Waals surface area contributed by atoms with Crippen molar-refractivity contribution >= 4 is 23.6 Å². The Morgan fingerprint density at radius 2 is 1.57 bits per heavy atom. The molecule has 5 rings (SSSR count). The Morgan fingerprint density at radius 1 is 0.837 bits per heavy atom. The maximum atomic E-state index is 13.2. The molecule has 1 fully saturated rings. The van der Waals surface area contributed by atoms with E-state index in [-0.39, 0.29) is 29.4 Å². The fourth-order valence-corrected chi connectivity index (χ4v) is 5.69. The van der Waals surface area contributed by atoms with E-state index in [9.17, 15) is 24.6 Å². The maximum absolute atomic E-state index is 13.2. The van der Waals surface area contributed by atoms with Crippen LogP contribution in [0.25, 0.3) is 11.1 Å². The van der Waals surface area contributed by atoms with Crippen LogP contribution in [0, 0.1) is 0 Å². The van der Waals surface area contributed by atoms with Gasteiger partial charge in [0.15, 0.2) is 11.5 Å². The van der Waals surface area contributed by atoms with Gasteiger partial charge in [-0.2, -0.15) is 0 Å². The van der Waals surface area contributed by atoms with Crippen LogP contribution in [0.3, 0.4) is 0 Å². The molecular formula is C38H43N5O6. The van der Waals surface area contributed by atoms with Gasteiger partial charge in [0.25, 0.3) is 11.8 Å². The molecule has 1 saturated heterocycles. The molecule has 0 aromatic heterocycles. The molecule has 1 heterocycles. The molecule has 0 unspecified atom stereocenters. The van der Waals surface area contributed by atoms with Crippen LogP contribution >= 0.6 is 0 Å². The molecule has 49 heavy (non-hydrogen) atoms. The van der Waals surface area contributed by atoms with Crippen LogP contribution in [0.15, 0.2) is 97.1 Å². The molecule has 4 aromatic carbocycles. The molecule has 0 bridgehead atoms. The van der Waals surface area contributed by atoms with Crippen molar-refractivity contribution in [1.29, 1.82) is 0 Å². The Bertz CT molecular complexity index is 1720. The number of benzene rings is 4. The summed E-state index contributed by atoms with van der Waals surface area (Å²) in [6, 6.07) is 28.8. The normalized spacial score (nSPS) is 13.4. The number of anilines is 1. The van der Waals surface area contributed by atoms with E-state index < -0.39 is 6.09 Å². The highest BCUT2D eigenvalue weighted by Gasteiger charge is 2.24. The van der Waals surface area contributed by atoms with E-state index in [4.69, 9.17) is 4.74 Å². The van der Waals surface area contributed by atoms with Crippen LogP contribution < -0.4 is 16.0 Å². The average Bonchev–Trinajstić information content (AvgIpc) is 3.12. The number of carbonyl (C=O) groups excluding carboxylic acids is 3. The highest BCUT2D eigenvalue weighted by molar-refractivity contribution is 5.99. The molecule has 0 spiro atoms. The largest absolute Gasteiger partial charge is 0.504 e. The van der Waals surface area contributed by atoms with Crippen LogP contribution in [0.4, 0.5) is 10.5 Å². The summed E-state index contributed by atoms with van der Waals surface area (Å²) in [7, 11) is 1.75. The van der Waals surface area contributed by atoms with E-state index in [1.807, 2.05) is 54.6 Å². The van der Waals surface area contributed by atoms with Gasteiger partial charge in [-0.3, -0.25) is 14.9 Å². The van der Waals surface area contributed by atoms with Crippen molar-refractivity contribution in [2.75, 3.05) is 51.6 Å². The van der Waals surface area contributed by atoms with E-state index >= 15 is 0 Å². The summed E-state index contributed by atoms with van der Waals surface area (Å²) in [4.78, 5) is 42.6. The second-order valence-electron chi connectivity index (χ2n) is 12.0. The number of aromatic hydroxyl groups is 2. The second-order valence-corrected chi connectivity index (χ2v) is 12.0. The Labute approximate surface area is 286 Å². The van der Waals surface area contributed by atoms with Gasteiger partial charge in [0, 0.05) is 69.6 Å². The number of phenolic OH excluding ortho intramolecular Hbond substituents is 2. The third-order valence-corrected chi connectivity index (χ3v) is 8.48. The number of nitrogens with one attached hydrogen (secondary N) is 3. The van der Waals surface area contributed by atoms with Crippen molar-refractivity contribution < 1.29 is 29.3 Å². The zero-order chi connectivity index (χ0) is 34.6. The Morgan fingerprint density at radius 3 is 2.35 bits per heavy atom. The van der Waals surface area contributed by atoms with Crippen molar-refractivity contribution in [3.05, 3.63) is 114 Å². The summed E-state index contributed by atoms with van der Waals surface area (Å²) < 4.78 is 5.76. The van der Waals surface area contributed by atoms with Gasteiger partial charge in [0.1, 0.15) is 6.10 Å². The van der Waals surface area contributed by atoms with Gasteiger partial charge in [-0.1, -0.05) is 60.7 Å². The molecule has 0 atom stereocenters. The van der Waals surface area contributed by atoms with Crippen LogP contribution in [-0.4, -0.2) is 90.3 Å². The van der Waals surface area contributed by atoms with Gasteiger partial charge in [0.05, 0.1) is 5.69 Å². The number of carbonyl (C=O) groups is 3. The number of hydrogen-bond acceptors (Lipinski definition) is 8. The first kappa shape index (κ1) is 34.9. The summed E-state index contributed by atoms with van der Waals surface area (Å²) in [5.41, 5.74) is 4.29. The highest BCUT2D eigenvalue weighted by atomic mass is 16.6. The van der Waals surface area contributed by atoms with Gasteiger partial charge < -0.3 is 35.4 Å². The molecular weight excluding hydrogens is 622 g/mol. The first-order valence-corrected chi connectivity index (χ1v) is 16.5. The highest BCUT2D eigenvalue weighted by Crippen LogP contribution is 2.28. The number of amides is 3. The van der Waals surface area contributed by atoms with E-state index in [0.29, 0.717) is 62.4 Å².